The van der Waals surface area contributed by atoms with Crippen molar-refractivity contribution in [1.82, 2.24) is 5.06 Å². The third-order valence-corrected chi connectivity index (χ3v) is 3.00. The number of hydroxylamine groups is 2. The first kappa shape index (κ1) is 16.0. The third-order valence-electron chi connectivity index (χ3n) is 3.00. The molecule has 0 unspecified atom stereocenters. The van der Waals surface area contributed by atoms with E-state index in [0.29, 0.717) is 0 Å². The van der Waals surface area contributed by atoms with Crippen molar-refractivity contribution >= 4 is 17.8 Å². The monoisotopic (exact) mass is 307 g/mol. The highest BCUT2D eigenvalue weighted by Gasteiger charge is 2.32. The van der Waals surface area contributed by atoms with Crippen LogP contribution in [0, 0.1) is 0 Å². The molecule has 1 heterocycles. The maximum Gasteiger partial charge on any atom is 0.338 e. The molecule has 1 aliphatic heterocycles. The van der Waals surface area contributed by atoms with Crippen LogP contribution in [0.15, 0.2) is 24.3 Å². The van der Waals surface area contributed by atoms with Gasteiger partial charge in [-0.2, -0.15) is 0 Å². The number of carbonyl (C=O) groups is 3. The van der Waals surface area contributed by atoms with Crippen molar-refractivity contribution in [3.63, 3.8) is 0 Å². The molecule has 0 bridgehead atoms. The van der Waals surface area contributed by atoms with Gasteiger partial charge in [0.2, 0.25) is 0 Å². The average Bonchev–Trinajstić information content (AvgIpc) is 2.94. The number of esters is 2. The van der Waals surface area contributed by atoms with Crippen LogP contribution < -0.4 is 0 Å². The lowest BCUT2D eigenvalue weighted by molar-refractivity contribution is -0.145. The van der Waals surface area contributed by atoms with Crippen molar-refractivity contribution in [1.29, 1.82) is 0 Å². The number of hydrogen-bond acceptors (Lipinski definition) is 6. The van der Waals surface area contributed by atoms with Gasteiger partial charge in [-0.15, -0.1) is 0 Å². The minimum absolute atomic E-state index is 0.104. The molecule has 0 radical (unpaired) electrons. The highest BCUT2D eigenvalue weighted by Crippen LogP contribution is 2.17. The average molecular weight is 307 g/mol. The van der Waals surface area contributed by atoms with Crippen LogP contribution >= 0.6 is 0 Å². The molecule has 0 saturated carbocycles. The molecule has 118 valence electrons. The van der Waals surface area contributed by atoms with Gasteiger partial charge in [0.1, 0.15) is 12.7 Å². The van der Waals surface area contributed by atoms with Crippen molar-refractivity contribution in [2.45, 2.75) is 20.0 Å². The molecule has 1 atom stereocenters. The predicted molar refractivity (Wildman–Crippen MR) is 74.9 cm³/mol. The topological polar surface area (TPSA) is 82.1 Å². The molecule has 0 aromatic heterocycles. The van der Waals surface area contributed by atoms with E-state index in [0.717, 1.165) is 5.06 Å². The van der Waals surface area contributed by atoms with Crippen molar-refractivity contribution in [2.75, 3.05) is 19.8 Å². The van der Waals surface area contributed by atoms with E-state index >= 15 is 0 Å². The van der Waals surface area contributed by atoms with Crippen LogP contribution in [0.4, 0.5) is 0 Å². The van der Waals surface area contributed by atoms with E-state index in [1.807, 2.05) is 0 Å². The predicted octanol–water partition coefficient (Wildman–Crippen LogP) is 1.18. The van der Waals surface area contributed by atoms with Crippen LogP contribution in [0.2, 0.25) is 0 Å². The van der Waals surface area contributed by atoms with E-state index in [1.54, 1.807) is 19.1 Å². The normalized spacial score (nSPS) is 17.2. The van der Waals surface area contributed by atoms with Crippen molar-refractivity contribution < 1.29 is 28.7 Å². The summed E-state index contributed by atoms with van der Waals surface area (Å²) in [5, 5.41) is 1.09. The van der Waals surface area contributed by atoms with Gasteiger partial charge in [-0.05, 0) is 19.1 Å². The van der Waals surface area contributed by atoms with Gasteiger partial charge < -0.3 is 9.47 Å². The zero-order valence-corrected chi connectivity index (χ0v) is 12.4. The van der Waals surface area contributed by atoms with Crippen LogP contribution in [0.5, 0.6) is 0 Å². The number of hydrogen-bond donors (Lipinski definition) is 0. The fourth-order valence-electron chi connectivity index (χ4n) is 2.10. The Morgan fingerprint density at radius 2 is 1.95 bits per heavy atom. The number of nitrogens with zero attached hydrogens (tertiary/aromatic N) is 1. The first-order valence-electron chi connectivity index (χ1n) is 6.91. The number of carbonyl (C=O) groups excluding carboxylic acids is 3. The molecule has 0 aliphatic carbocycles. The smallest absolute Gasteiger partial charge is 0.338 e. The van der Waals surface area contributed by atoms with E-state index in [9.17, 15) is 14.4 Å². The molecule has 0 N–H and O–H groups in total. The van der Waals surface area contributed by atoms with E-state index in [4.69, 9.17) is 14.3 Å². The van der Waals surface area contributed by atoms with Crippen LogP contribution in [-0.4, -0.2) is 48.8 Å². The minimum atomic E-state index is -0.567. The maximum absolute atomic E-state index is 12.5. The third kappa shape index (κ3) is 3.62. The molecule has 1 fully saturated rings. The maximum atomic E-state index is 12.5. The van der Waals surface area contributed by atoms with E-state index in [-0.39, 0.29) is 30.9 Å². The SMILES string of the molecule is CCOC(=O)c1ccccc1C(=O)N1C[C@H](OC(C)=O)CO1. The molecular weight excluding hydrogens is 290 g/mol. The molecule has 22 heavy (non-hydrogen) atoms. The van der Waals surface area contributed by atoms with E-state index < -0.39 is 23.9 Å². The molecule has 1 aliphatic rings. The molecule has 1 aromatic carbocycles. The molecule has 1 amide bonds. The van der Waals surface area contributed by atoms with Crippen LogP contribution in [0.1, 0.15) is 34.6 Å². The molecule has 1 saturated heterocycles. The van der Waals surface area contributed by atoms with Gasteiger partial charge in [-0.25, -0.2) is 9.86 Å². The minimum Gasteiger partial charge on any atom is -0.462 e. The fourth-order valence-corrected chi connectivity index (χ4v) is 2.10. The summed E-state index contributed by atoms with van der Waals surface area (Å²) in [6.45, 7) is 3.43. The van der Waals surface area contributed by atoms with Crippen molar-refractivity contribution in [3.8, 4) is 0 Å². The van der Waals surface area contributed by atoms with Crippen LogP contribution in [0.25, 0.3) is 0 Å². The van der Waals surface area contributed by atoms with Gasteiger partial charge in [0, 0.05) is 6.92 Å². The number of amides is 1. The van der Waals surface area contributed by atoms with Gasteiger partial charge >= 0.3 is 11.9 Å². The summed E-state index contributed by atoms with van der Waals surface area (Å²) in [4.78, 5) is 40.5. The van der Waals surface area contributed by atoms with Crippen molar-refractivity contribution in [2.24, 2.45) is 0 Å². The lowest BCUT2D eigenvalue weighted by Gasteiger charge is -2.16. The standard InChI is InChI=1S/C15H17NO6/c1-3-20-15(19)13-7-5-4-6-12(13)14(18)16-8-11(9-21-16)22-10(2)17/h4-7,11H,3,8-9H2,1-2H3/t11-/m0/s1. The zero-order valence-electron chi connectivity index (χ0n) is 12.4. The first-order chi connectivity index (χ1) is 10.5. The summed E-state index contributed by atoms with van der Waals surface area (Å²) in [5.41, 5.74) is 0.360. The van der Waals surface area contributed by atoms with Gasteiger partial charge in [-0.3, -0.25) is 14.4 Å². The zero-order chi connectivity index (χ0) is 16.1. The summed E-state index contributed by atoms with van der Waals surface area (Å²) in [6.07, 6.45) is -0.504. The highest BCUT2D eigenvalue weighted by molar-refractivity contribution is 6.05. The Morgan fingerprint density at radius 3 is 2.59 bits per heavy atom. The van der Waals surface area contributed by atoms with Crippen LogP contribution in [0.3, 0.4) is 0 Å². The molecule has 7 nitrogen and oxygen atoms in total. The lowest BCUT2D eigenvalue weighted by atomic mass is 10.1. The fraction of sp³-hybridized carbons (Fsp3) is 0.400. The molecule has 7 heteroatoms. The van der Waals surface area contributed by atoms with Crippen LogP contribution in [-0.2, 0) is 19.1 Å². The second kappa shape index (κ2) is 7.04. The van der Waals surface area contributed by atoms with Crippen molar-refractivity contribution in [3.05, 3.63) is 35.4 Å². The summed E-state index contributed by atoms with van der Waals surface area (Å²) in [5.74, 6) is -1.48. The Morgan fingerprint density at radius 1 is 1.27 bits per heavy atom. The Bertz CT molecular complexity index is 585. The second-order valence-electron chi connectivity index (χ2n) is 4.66. The van der Waals surface area contributed by atoms with E-state index in [1.165, 1.54) is 19.1 Å². The Balaban J connectivity index is 2.13. The Hall–Kier alpha value is -2.41. The summed E-state index contributed by atoms with van der Waals surface area (Å²) < 4.78 is 9.93. The summed E-state index contributed by atoms with van der Waals surface area (Å²) >= 11 is 0. The summed E-state index contributed by atoms with van der Waals surface area (Å²) in [7, 11) is 0. The van der Waals surface area contributed by atoms with Gasteiger partial charge in [0.25, 0.3) is 5.91 Å². The number of rotatable bonds is 4. The lowest BCUT2D eigenvalue weighted by Crippen LogP contribution is -2.31. The largest absolute Gasteiger partial charge is 0.462 e. The van der Waals surface area contributed by atoms with Gasteiger partial charge in [-0.1, -0.05) is 12.1 Å². The Labute approximate surface area is 127 Å². The molecule has 1 aromatic rings. The Kier molecular flexibility index (Phi) is 5.11. The van der Waals surface area contributed by atoms with Gasteiger partial charge in [0.15, 0.2) is 0 Å². The number of ether oxygens (including phenoxy) is 2. The quantitative estimate of drug-likeness (QED) is 0.777. The number of benzene rings is 1. The highest BCUT2D eigenvalue weighted by atomic mass is 16.7. The molecular formula is C15H17NO6. The molecule has 2 rings (SSSR count). The summed E-state index contributed by atoms with van der Waals surface area (Å²) in [6, 6.07) is 6.34. The second-order valence-corrected chi connectivity index (χ2v) is 4.66. The van der Waals surface area contributed by atoms with E-state index in [2.05, 4.69) is 0 Å². The molecule has 0 spiro atoms. The van der Waals surface area contributed by atoms with Gasteiger partial charge in [0.05, 0.1) is 24.3 Å². The first-order valence-corrected chi connectivity index (χ1v) is 6.91.